The molecule has 1 aromatic rings. The SMILES string of the molecule is CC(=O)N(C)C1CSc2ccccc21. The molecule has 0 bridgehead atoms. The van der Waals surface area contributed by atoms with Crippen molar-refractivity contribution in [1.29, 1.82) is 0 Å². The Morgan fingerprint density at radius 3 is 2.93 bits per heavy atom. The lowest BCUT2D eigenvalue weighted by Crippen LogP contribution is -2.28. The van der Waals surface area contributed by atoms with Crippen LogP contribution in [0.1, 0.15) is 18.5 Å². The summed E-state index contributed by atoms with van der Waals surface area (Å²) in [6.45, 7) is 1.62. The van der Waals surface area contributed by atoms with Gasteiger partial charge < -0.3 is 4.90 Å². The molecule has 0 N–H and O–H groups in total. The van der Waals surface area contributed by atoms with E-state index < -0.39 is 0 Å². The third kappa shape index (κ3) is 1.52. The number of thioether (sulfide) groups is 1. The van der Waals surface area contributed by atoms with Gasteiger partial charge in [-0.25, -0.2) is 0 Å². The van der Waals surface area contributed by atoms with E-state index in [9.17, 15) is 4.79 Å². The van der Waals surface area contributed by atoms with Crippen molar-refractivity contribution in [3.8, 4) is 0 Å². The number of fused-ring (bicyclic) bond motifs is 1. The maximum absolute atomic E-state index is 11.3. The fourth-order valence-electron chi connectivity index (χ4n) is 1.69. The largest absolute Gasteiger partial charge is 0.338 e. The van der Waals surface area contributed by atoms with Gasteiger partial charge >= 0.3 is 0 Å². The highest BCUT2D eigenvalue weighted by Gasteiger charge is 2.27. The van der Waals surface area contributed by atoms with Crippen molar-refractivity contribution in [2.24, 2.45) is 0 Å². The number of carbonyl (C=O) groups is 1. The van der Waals surface area contributed by atoms with Crippen LogP contribution in [0.15, 0.2) is 29.2 Å². The van der Waals surface area contributed by atoms with Crippen LogP contribution < -0.4 is 0 Å². The summed E-state index contributed by atoms with van der Waals surface area (Å²) in [6, 6.07) is 8.56. The minimum atomic E-state index is 0.132. The first-order chi connectivity index (χ1) is 6.70. The zero-order valence-electron chi connectivity index (χ0n) is 8.36. The molecule has 2 rings (SSSR count). The van der Waals surface area contributed by atoms with E-state index >= 15 is 0 Å². The molecule has 1 unspecified atom stereocenters. The van der Waals surface area contributed by atoms with Gasteiger partial charge in [0.25, 0.3) is 0 Å². The number of hydrogen-bond donors (Lipinski definition) is 0. The monoisotopic (exact) mass is 207 g/mol. The fraction of sp³-hybridized carbons (Fsp3) is 0.364. The van der Waals surface area contributed by atoms with E-state index in [-0.39, 0.29) is 11.9 Å². The Hall–Kier alpha value is -0.960. The van der Waals surface area contributed by atoms with Crippen molar-refractivity contribution in [3.63, 3.8) is 0 Å². The maximum Gasteiger partial charge on any atom is 0.219 e. The number of amides is 1. The molecular formula is C11H13NOS. The quantitative estimate of drug-likeness (QED) is 0.704. The highest BCUT2D eigenvalue weighted by atomic mass is 32.2. The molecule has 1 amide bonds. The second-order valence-electron chi connectivity index (χ2n) is 3.49. The second kappa shape index (κ2) is 3.65. The van der Waals surface area contributed by atoms with E-state index in [1.165, 1.54) is 10.5 Å². The van der Waals surface area contributed by atoms with Crippen LogP contribution in [0.3, 0.4) is 0 Å². The van der Waals surface area contributed by atoms with E-state index in [0.29, 0.717) is 0 Å². The molecular weight excluding hydrogens is 194 g/mol. The van der Waals surface area contributed by atoms with Gasteiger partial charge in [-0.2, -0.15) is 0 Å². The molecule has 3 heteroatoms. The van der Waals surface area contributed by atoms with Crippen LogP contribution in [0.5, 0.6) is 0 Å². The van der Waals surface area contributed by atoms with Gasteiger partial charge in [0.05, 0.1) is 6.04 Å². The molecule has 0 saturated heterocycles. The van der Waals surface area contributed by atoms with Gasteiger partial charge in [0.1, 0.15) is 0 Å². The Kier molecular flexibility index (Phi) is 2.50. The molecule has 0 radical (unpaired) electrons. The molecule has 0 aliphatic carbocycles. The van der Waals surface area contributed by atoms with Crippen molar-refractivity contribution in [2.45, 2.75) is 17.9 Å². The number of hydrogen-bond acceptors (Lipinski definition) is 2. The standard InChI is InChI=1S/C11H13NOS/c1-8(13)12(2)10-7-14-11-6-4-3-5-9(10)11/h3-6,10H,7H2,1-2H3. The van der Waals surface area contributed by atoms with Gasteiger partial charge in [-0.1, -0.05) is 18.2 Å². The molecule has 1 aliphatic heterocycles. The first-order valence-electron chi connectivity index (χ1n) is 4.65. The topological polar surface area (TPSA) is 20.3 Å². The first-order valence-corrected chi connectivity index (χ1v) is 5.64. The summed E-state index contributed by atoms with van der Waals surface area (Å²) < 4.78 is 0. The van der Waals surface area contributed by atoms with Gasteiger partial charge in [-0.3, -0.25) is 4.79 Å². The zero-order chi connectivity index (χ0) is 10.1. The van der Waals surface area contributed by atoms with Gasteiger partial charge in [0.2, 0.25) is 5.91 Å². The molecule has 14 heavy (non-hydrogen) atoms. The Morgan fingerprint density at radius 1 is 1.50 bits per heavy atom. The molecule has 0 fully saturated rings. The van der Waals surface area contributed by atoms with Gasteiger partial charge in [-0.05, 0) is 11.6 Å². The first kappa shape index (κ1) is 9.59. The lowest BCUT2D eigenvalue weighted by Gasteiger charge is -2.23. The van der Waals surface area contributed by atoms with Crippen LogP contribution in [0, 0.1) is 0 Å². The molecule has 74 valence electrons. The maximum atomic E-state index is 11.3. The Labute approximate surface area is 88.3 Å². The summed E-state index contributed by atoms with van der Waals surface area (Å²) in [5, 5.41) is 0. The van der Waals surface area contributed by atoms with Crippen LogP contribution in [0.25, 0.3) is 0 Å². The summed E-state index contributed by atoms with van der Waals surface area (Å²) in [4.78, 5) is 14.4. The van der Waals surface area contributed by atoms with Crippen molar-refractivity contribution < 1.29 is 4.79 Å². The van der Waals surface area contributed by atoms with Crippen molar-refractivity contribution in [1.82, 2.24) is 4.90 Å². The molecule has 0 saturated carbocycles. The Balaban J connectivity index is 2.30. The van der Waals surface area contributed by atoms with Gasteiger partial charge in [0, 0.05) is 24.6 Å². The number of nitrogens with zero attached hydrogens (tertiary/aromatic N) is 1. The van der Waals surface area contributed by atoms with Crippen molar-refractivity contribution >= 4 is 17.7 Å². The highest BCUT2D eigenvalue weighted by molar-refractivity contribution is 7.99. The van der Waals surface area contributed by atoms with Crippen LogP contribution in [0.4, 0.5) is 0 Å². The molecule has 2 nitrogen and oxygen atoms in total. The molecule has 0 aromatic heterocycles. The number of rotatable bonds is 1. The second-order valence-corrected chi connectivity index (χ2v) is 4.56. The van der Waals surface area contributed by atoms with E-state index in [1.807, 2.05) is 35.8 Å². The van der Waals surface area contributed by atoms with Crippen molar-refractivity contribution in [2.75, 3.05) is 12.8 Å². The normalized spacial score (nSPS) is 19.1. The molecule has 1 aliphatic rings. The summed E-state index contributed by atoms with van der Waals surface area (Å²) >= 11 is 1.83. The number of benzene rings is 1. The zero-order valence-corrected chi connectivity index (χ0v) is 9.17. The lowest BCUT2D eigenvalue weighted by molar-refractivity contribution is -0.129. The fourth-order valence-corrected chi connectivity index (χ4v) is 2.97. The summed E-state index contributed by atoms with van der Waals surface area (Å²) in [7, 11) is 1.87. The summed E-state index contributed by atoms with van der Waals surface area (Å²) in [5.41, 5.74) is 1.29. The van der Waals surface area contributed by atoms with Crippen molar-refractivity contribution in [3.05, 3.63) is 29.8 Å². The molecule has 0 spiro atoms. The van der Waals surface area contributed by atoms with Crippen LogP contribution in [-0.2, 0) is 4.79 Å². The van der Waals surface area contributed by atoms with E-state index in [1.54, 1.807) is 6.92 Å². The van der Waals surface area contributed by atoms with Crippen LogP contribution >= 0.6 is 11.8 Å². The lowest BCUT2D eigenvalue weighted by atomic mass is 10.1. The number of carbonyl (C=O) groups excluding carboxylic acids is 1. The molecule has 1 atom stereocenters. The summed E-state index contributed by atoms with van der Waals surface area (Å²) in [5.74, 6) is 1.11. The summed E-state index contributed by atoms with van der Waals surface area (Å²) in [6.07, 6.45) is 0. The minimum absolute atomic E-state index is 0.132. The average Bonchev–Trinajstić information content (AvgIpc) is 2.60. The average molecular weight is 207 g/mol. The van der Waals surface area contributed by atoms with E-state index in [4.69, 9.17) is 0 Å². The van der Waals surface area contributed by atoms with Crippen LogP contribution in [0.2, 0.25) is 0 Å². The molecule has 1 aromatic carbocycles. The third-order valence-corrected chi connectivity index (χ3v) is 3.80. The Morgan fingerprint density at radius 2 is 2.21 bits per heavy atom. The predicted octanol–water partition coefficient (Wildman–Crippen LogP) is 2.31. The predicted molar refractivity (Wildman–Crippen MR) is 58.4 cm³/mol. The van der Waals surface area contributed by atoms with E-state index in [2.05, 4.69) is 12.1 Å². The Bertz CT molecular complexity index is 364. The van der Waals surface area contributed by atoms with E-state index in [0.717, 1.165) is 5.75 Å². The van der Waals surface area contributed by atoms with Crippen LogP contribution in [-0.4, -0.2) is 23.6 Å². The third-order valence-electron chi connectivity index (χ3n) is 2.64. The molecule has 1 heterocycles. The van der Waals surface area contributed by atoms with Gasteiger partial charge in [-0.15, -0.1) is 11.8 Å². The smallest absolute Gasteiger partial charge is 0.219 e. The highest BCUT2D eigenvalue weighted by Crippen LogP contribution is 2.40. The minimum Gasteiger partial charge on any atom is -0.338 e. The van der Waals surface area contributed by atoms with Gasteiger partial charge in [0.15, 0.2) is 0 Å².